The minimum Gasteiger partial charge on any atom is -0.383 e. The van der Waals surface area contributed by atoms with E-state index in [9.17, 15) is 0 Å². The second kappa shape index (κ2) is 5.67. The molecular weight excluding hydrogens is 248 g/mol. The SMILES string of the molecule is COCc1nc(N2CCC(C)CC2)sc1C(=N)N. The van der Waals surface area contributed by atoms with Crippen LogP contribution in [0.2, 0.25) is 0 Å². The number of nitrogens with zero attached hydrogens (tertiary/aromatic N) is 2. The van der Waals surface area contributed by atoms with Crippen LogP contribution in [0.25, 0.3) is 0 Å². The van der Waals surface area contributed by atoms with Crippen LogP contribution in [0, 0.1) is 11.3 Å². The maximum Gasteiger partial charge on any atom is 0.186 e. The Hall–Kier alpha value is -1.14. The molecule has 0 atom stereocenters. The molecule has 0 unspecified atom stereocenters. The van der Waals surface area contributed by atoms with Crippen molar-refractivity contribution in [1.82, 2.24) is 4.98 Å². The minimum atomic E-state index is 0.0798. The van der Waals surface area contributed by atoms with E-state index in [-0.39, 0.29) is 5.84 Å². The van der Waals surface area contributed by atoms with Crippen LogP contribution in [-0.4, -0.2) is 31.0 Å². The highest BCUT2D eigenvalue weighted by Gasteiger charge is 2.21. The summed E-state index contributed by atoms with van der Waals surface area (Å²) in [5.41, 5.74) is 6.37. The van der Waals surface area contributed by atoms with Crippen molar-refractivity contribution >= 4 is 22.3 Å². The molecule has 1 aromatic rings. The van der Waals surface area contributed by atoms with Gasteiger partial charge in [0.25, 0.3) is 0 Å². The smallest absolute Gasteiger partial charge is 0.186 e. The number of hydrogen-bond acceptors (Lipinski definition) is 5. The molecular formula is C12H20N4OS. The van der Waals surface area contributed by atoms with Crippen LogP contribution >= 0.6 is 11.3 Å². The molecule has 1 aliphatic rings. The zero-order valence-corrected chi connectivity index (χ0v) is 11.7. The van der Waals surface area contributed by atoms with Gasteiger partial charge < -0.3 is 15.4 Å². The summed E-state index contributed by atoms with van der Waals surface area (Å²) in [6, 6.07) is 0. The Morgan fingerprint density at radius 2 is 2.22 bits per heavy atom. The van der Waals surface area contributed by atoms with Gasteiger partial charge in [0.15, 0.2) is 5.13 Å². The van der Waals surface area contributed by atoms with E-state index in [0.717, 1.165) is 34.7 Å². The van der Waals surface area contributed by atoms with E-state index in [1.165, 1.54) is 24.2 Å². The van der Waals surface area contributed by atoms with Crippen LogP contribution in [0.5, 0.6) is 0 Å². The van der Waals surface area contributed by atoms with Gasteiger partial charge in [0, 0.05) is 20.2 Å². The Morgan fingerprint density at radius 3 is 2.78 bits per heavy atom. The first-order chi connectivity index (χ1) is 8.61. The van der Waals surface area contributed by atoms with Crippen molar-refractivity contribution in [1.29, 1.82) is 5.41 Å². The molecule has 2 rings (SSSR count). The van der Waals surface area contributed by atoms with E-state index in [1.54, 1.807) is 7.11 Å². The second-order valence-corrected chi connectivity index (χ2v) is 5.77. The van der Waals surface area contributed by atoms with Crippen LogP contribution in [0.4, 0.5) is 5.13 Å². The molecule has 100 valence electrons. The number of nitrogens with one attached hydrogen (secondary N) is 1. The van der Waals surface area contributed by atoms with Crippen LogP contribution in [-0.2, 0) is 11.3 Å². The summed E-state index contributed by atoms with van der Waals surface area (Å²) in [4.78, 5) is 7.60. The molecule has 1 fully saturated rings. The Labute approximate surface area is 111 Å². The molecule has 0 spiro atoms. The van der Waals surface area contributed by atoms with E-state index < -0.39 is 0 Å². The highest BCUT2D eigenvalue weighted by Crippen LogP contribution is 2.29. The van der Waals surface area contributed by atoms with Gasteiger partial charge in [-0.15, -0.1) is 0 Å². The summed E-state index contributed by atoms with van der Waals surface area (Å²) in [5.74, 6) is 0.878. The number of methoxy groups -OCH3 is 1. The van der Waals surface area contributed by atoms with Gasteiger partial charge in [0.2, 0.25) is 0 Å². The van der Waals surface area contributed by atoms with Gasteiger partial charge in [-0.3, -0.25) is 5.41 Å². The first-order valence-corrected chi connectivity index (χ1v) is 7.01. The normalized spacial score (nSPS) is 17.1. The monoisotopic (exact) mass is 268 g/mol. The van der Waals surface area contributed by atoms with E-state index in [0.29, 0.717) is 6.61 Å². The lowest BCUT2D eigenvalue weighted by molar-refractivity contribution is 0.182. The summed E-state index contributed by atoms with van der Waals surface area (Å²) in [7, 11) is 1.63. The van der Waals surface area contributed by atoms with Crippen molar-refractivity contribution in [3.8, 4) is 0 Å². The molecule has 3 N–H and O–H groups in total. The molecule has 2 heterocycles. The highest BCUT2D eigenvalue weighted by molar-refractivity contribution is 7.17. The lowest BCUT2D eigenvalue weighted by Gasteiger charge is -2.29. The predicted molar refractivity (Wildman–Crippen MR) is 74.5 cm³/mol. The third kappa shape index (κ3) is 2.81. The third-order valence-corrected chi connectivity index (χ3v) is 4.46. The third-order valence-electron chi connectivity index (χ3n) is 3.27. The average molecular weight is 268 g/mol. The average Bonchev–Trinajstić information content (AvgIpc) is 2.75. The number of hydrogen-bond donors (Lipinski definition) is 2. The maximum absolute atomic E-state index is 7.59. The topological polar surface area (TPSA) is 75.2 Å². The van der Waals surface area contributed by atoms with Gasteiger partial charge >= 0.3 is 0 Å². The van der Waals surface area contributed by atoms with Gasteiger partial charge in [0.05, 0.1) is 17.2 Å². The van der Waals surface area contributed by atoms with E-state index in [2.05, 4.69) is 16.8 Å². The molecule has 1 aliphatic heterocycles. The highest BCUT2D eigenvalue weighted by atomic mass is 32.1. The van der Waals surface area contributed by atoms with Crippen molar-refractivity contribution in [2.75, 3.05) is 25.1 Å². The molecule has 0 aliphatic carbocycles. The van der Waals surface area contributed by atoms with Crippen molar-refractivity contribution < 1.29 is 4.74 Å². The number of ether oxygens (including phenoxy) is 1. The van der Waals surface area contributed by atoms with Crippen molar-refractivity contribution in [3.05, 3.63) is 10.6 Å². The fourth-order valence-electron chi connectivity index (χ4n) is 2.12. The van der Waals surface area contributed by atoms with E-state index in [1.807, 2.05) is 0 Å². The molecule has 6 heteroatoms. The number of amidine groups is 1. The standard InChI is InChI=1S/C12H20N4OS/c1-8-3-5-16(6-4-8)12-15-9(7-17-2)10(18-12)11(13)14/h8H,3-7H2,1-2H3,(H3,13,14). The molecule has 0 aromatic carbocycles. The van der Waals surface area contributed by atoms with Crippen LogP contribution in [0.3, 0.4) is 0 Å². The molecule has 1 saturated heterocycles. The lowest BCUT2D eigenvalue weighted by Crippen LogP contribution is -2.32. The second-order valence-electron chi connectivity index (χ2n) is 4.79. The minimum absolute atomic E-state index is 0.0798. The lowest BCUT2D eigenvalue weighted by atomic mass is 10.00. The fraction of sp³-hybridized carbons (Fsp3) is 0.667. The zero-order valence-electron chi connectivity index (χ0n) is 10.9. The van der Waals surface area contributed by atoms with Gasteiger partial charge in [-0.2, -0.15) is 0 Å². The first kappa shape index (κ1) is 13.3. The Bertz CT molecular complexity index is 424. The quantitative estimate of drug-likeness (QED) is 0.645. The van der Waals surface area contributed by atoms with Crippen LogP contribution in [0.1, 0.15) is 30.3 Å². The first-order valence-electron chi connectivity index (χ1n) is 6.19. The maximum atomic E-state index is 7.59. The van der Waals surface area contributed by atoms with Gasteiger partial charge in [0.1, 0.15) is 5.84 Å². The van der Waals surface area contributed by atoms with Crippen LogP contribution < -0.4 is 10.6 Å². The number of thiazole rings is 1. The summed E-state index contributed by atoms with van der Waals surface area (Å²) in [6.45, 7) is 4.78. The van der Waals surface area contributed by atoms with Gasteiger partial charge in [-0.25, -0.2) is 4.98 Å². The summed E-state index contributed by atoms with van der Waals surface area (Å²) >= 11 is 1.50. The molecule has 18 heavy (non-hydrogen) atoms. The van der Waals surface area contributed by atoms with Crippen molar-refractivity contribution in [2.45, 2.75) is 26.4 Å². The van der Waals surface area contributed by atoms with E-state index in [4.69, 9.17) is 15.9 Å². The number of piperidine rings is 1. The molecule has 1 aromatic heterocycles. The largest absolute Gasteiger partial charge is 0.383 e. The number of aromatic nitrogens is 1. The summed E-state index contributed by atoms with van der Waals surface area (Å²) in [6.07, 6.45) is 2.41. The Kier molecular flexibility index (Phi) is 4.19. The number of rotatable bonds is 4. The molecule has 0 radical (unpaired) electrons. The molecule has 0 bridgehead atoms. The predicted octanol–water partition coefficient (Wildman–Crippen LogP) is 1.81. The number of nitrogen functional groups attached to an aromatic ring is 1. The molecule has 0 saturated carbocycles. The zero-order chi connectivity index (χ0) is 13.1. The number of anilines is 1. The van der Waals surface area contributed by atoms with Crippen molar-refractivity contribution in [2.24, 2.45) is 11.7 Å². The van der Waals surface area contributed by atoms with Crippen LogP contribution in [0.15, 0.2) is 0 Å². The Balaban J connectivity index is 2.18. The molecule has 5 nitrogen and oxygen atoms in total. The van der Waals surface area contributed by atoms with Crippen molar-refractivity contribution in [3.63, 3.8) is 0 Å². The molecule has 0 amide bonds. The van der Waals surface area contributed by atoms with Gasteiger partial charge in [-0.1, -0.05) is 18.3 Å². The fourth-order valence-corrected chi connectivity index (χ4v) is 3.10. The van der Waals surface area contributed by atoms with E-state index >= 15 is 0 Å². The summed E-state index contributed by atoms with van der Waals surface area (Å²) in [5, 5.41) is 8.56. The summed E-state index contributed by atoms with van der Waals surface area (Å²) < 4.78 is 5.11. The number of nitrogens with two attached hydrogens (primary N) is 1. The Morgan fingerprint density at radius 1 is 1.56 bits per heavy atom. The van der Waals surface area contributed by atoms with Gasteiger partial charge in [-0.05, 0) is 18.8 Å².